The number of benzene rings is 1. The fourth-order valence-electron chi connectivity index (χ4n) is 1.24. The molecule has 2 N–H and O–H groups in total. The van der Waals surface area contributed by atoms with Crippen molar-refractivity contribution in [1.82, 2.24) is 9.97 Å². The predicted molar refractivity (Wildman–Crippen MR) is 69.9 cm³/mol. The molecule has 2 rings (SSSR count). The van der Waals surface area contributed by atoms with Crippen molar-refractivity contribution in [2.24, 2.45) is 5.73 Å². The Morgan fingerprint density at radius 2 is 1.44 bits per heavy atom. The van der Waals surface area contributed by atoms with E-state index in [1.807, 2.05) is 30.3 Å². The van der Waals surface area contributed by atoms with E-state index in [9.17, 15) is 0 Å². The molecule has 0 aliphatic heterocycles. The lowest BCUT2D eigenvalue weighted by Gasteiger charge is -2.00. The van der Waals surface area contributed by atoms with E-state index < -0.39 is 0 Å². The number of hydrogen-bond donors (Lipinski definition) is 1. The third-order valence-electron chi connectivity index (χ3n) is 2.00. The summed E-state index contributed by atoms with van der Waals surface area (Å²) in [6, 6.07) is 10.0. The summed E-state index contributed by atoms with van der Waals surface area (Å²) in [5.74, 6) is 0.671. The lowest BCUT2D eigenvalue weighted by molar-refractivity contribution is 0.910. The van der Waals surface area contributed by atoms with Crippen LogP contribution in [0.5, 0.6) is 0 Å². The molecule has 0 radical (unpaired) electrons. The van der Waals surface area contributed by atoms with Crippen molar-refractivity contribution in [3.63, 3.8) is 0 Å². The van der Waals surface area contributed by atoms with Gasteiger partial charge >= 0.3 is 0 Å². The summed E-state index contributed by atoms with van der Waals surface area (Å²) >= 11 is 0. The van der Waals surface area contributed by atoms with Gasteiger partial charge in [0.05, 0.1) is 6.54 Å². The Bertz CT molecular complexity index is 403. The topological polar surface area (TPSA) is 51.8 Å². The summed E-state index contributed by atoms with van der Waals surface area (Å²) < 4.78 is 0. The van der Waals surface area contributed by atoms with Crippen LogP contribution in [0.15, 0.2) is 42.7 Å². The largest absolute Gasteiger partial charge is 0.324 e. The molecule has 1 heterocycles. The molecule has 5 heteroatoms. The van der Waals surface area contributed by atoms with Crippen LogP contribution in [0.25, 0.3) is 11.1 Å². The van der Waals surface area contributed by atoms with Gasteiger partial charge in [-0.2, -0.15) is 0 Å². The first-order valence-corrected chi connectivity index (χ1v) is 4.46. The lowest BCUT2D eigenvalue weighted by atomic mass is 10.1. The second-order valence-electron chi connectivity index (χ2n) is 2.96. The maximum absolute atomic E-state index is 5.41. The highest BCUT2D eigenvalue weighted by Crippen LogP contribution is 2.15. The molecule has 86 valence electrons. The van der Waals surface area contributed by atoms with Crippen molar-refractivity contribution in [3.05, 3.63) is 48.5 Å². The van der Waals surface area contributed by atoms with Crippen LogP contribution in [0.3, 0.4) is 0 Å². The number of rotatable bonds is 2. The van der Waals surface area contributed by atoms with E-state index in [0.717, 1.165) is 11.1 Å². The molecule has 0 saturated carbocycles. The van der Waals surface area contributed by atoms with Gasteiger partial charge in [-0.05, 0) is 5.56 Å². The van der Waals surface area contributed by atoms with Gasteiger partial charge in [0.2, 0.25) is 0 Å². The van der Waals surface area contributed by atoms with Crippen LogP contribution < -0.4 is 5.73 Å². The molecule has 0 bridgehead atoms. The van der Waals surface area contributed by atoms with Crippen molar-refractivity contribution >= 4 is 24.8 Å². The molecule has 0 spiro atoms. The average Bonchev–Trinajstić information content (AvgIpc) is 2.30. The highest BCUT2D eigenvalue weighted by molar-refractivity contribution is 5.85. The second-order valence-corrected chi connectivity index (χ2v) is 2.96. The van der Waals surface area contributed by atoms with Crippen molar-refractivity contribution in [1.29, 1.82) is 0 Å². The van der Waals surface area contributed by atoms with E-state index in [-0.39, 0.29) is 24.8 Å². The monoisotopic (exact) mass is 257 g/mol. The zero-order chi connectivity index (χ0) is 9.80. The number of halogens is 2. The van der Waals surface area contributed by atoms with Gasteiger partial charge in [-0.1, -0.05) is 30.3 Å². The number of hydrogen-bond acceptors (Lipinski definition) is 3. The van der Waals surface area contributed by atoms with Crippen LogP contribution >= 0.6 is 24.8 Å². The Labute approximate surface area is 107 Å². The van der Waals surface area contributed by atoms with Gasteiger partial charge in [-0.15, -0.1) is 24.8 Å². The zero-order valence-corrected chi connectivity index (χ0v) is 10.2. The molecule has 0 amide bonds. The van der Waals surface area contributed by atoms with Crippen LogP contribution in [0, 0.1) is 0 Å². The van der Waals surface area contributed by atoms with E-state index in [2.05, 4.69) is 9.97 Å². The van der Waals surface area contributed by atoms with Gasteiger partial charge in [-0.3, -0.25) is 0 Å². The van der Waals surface area contributed by atoms with Gasteiger partial charge in [0.1, 0.15) is 5.82 Å². The fraction of sp³-hybridized carbons (Fsp3) is 0.0909. The highest BCUT2D eigenvalue weighted by atomic mass is 35.5. The smallest absolute Gasteiger partial charge is 0.141 e. The van der Waals surface area contributed by atoms with Crippen molar-refractivity contribution < 1.29 is 0 Å². The van der Waals surface area contributed by atoms with Gasteiger partial charge in [0.15, 0.2) is 0 Å². The molecule has 0 atom stereocenters. The average molecular weight is 258 g/mol. The molecule has 1 aromatic heterocycles. The molecule has 1 aromatic carbocycles. The van der Waals surface area contributed by atoms with Crippen molar-refractivity contribution in [2.75, 3.05) is 0 Å². The van der Waals surface area contributed by atoms with Crippen molar-refractivity contribution in [2.45, 2.75) is 6.54 Å². The molecular weight excluding hydrogens is 245 g/mol. The summed E-state index contributed by atoms with van der Waals surface area (Å²) in [4.78, 5) is 8.27. The van der Waals surface area contributed by atoms with E-state index in [1.54, 1.807) is 12.4 Å². The first kappa shape index (κ1) is 14.8. The second kappa shape index (κ2) is 7.17. The summed E-state index contributed by atoms with van der Waals surface area (Å²) in [7, 11) is 0. The number of nitrogens with zero attached hydrogens (tertiary/aromatic N) is 2. The van der Waals surface area contributed by atoms with Gasteiger partial charge in [-0.25, -0.2) is 9.97 Å². The molecule has 0 unspecified atom stereocenters. The third kappa shape index (κ3) is 3.45. The summed E-state index contributed by atoms with van der Waals surface area (Å²) in [6.07, 6.45) is 3.59. The molecule has 0 aliphatic rings. The van der Waals surface area contributed by atoms with Crippen LogP contribution in [0.2, 0.25) is 0 Å². The Balaban J connectivity index is 0.00000112. The molecule has 0 saturated heterocycles. The minimum Gasteiger partial charge on any atom is -0.324 e. The van der Waals surface area contributed by atoms with E-state index in [0.29, 0.717) is 12.4 Å². The summed E-state index contributed by atoms with van der Waals surface area (Å²) in [5, 5.41) is 0. The number of nitrogens with two attached hydrogens (primary N) is 1. The van der Waals surface area contributed by atoms with Gasteiger partial charge in [0, 0.05) is 18.0 Å². The molecule has 0 fully saturated rings. The first-order valence-electron chi connectivity index (χ1n) is 4.46. The third-order valence-corrected chi connectivity index (χ3v) is 2.00. The van der Waals surface area contributed by atoms with E-state index in [4.69, 9.17) is 5.73 Å². The standard InChI is InChI=1S/C11H11N3.2ClH/c12-6-11-13-7-10(8-14-11)9-4-2-1-3-5-9;;/h1-5,7-8H,6,12H2;2*1H. The Hall–Kier alpha value is -1.16. The molecule has 2 aromatic rings. The number of aromatic nitrogens is 2. The highest BCUT2D eigenvalue weighted by Gasteiger charge is 1.97. The summed E-state index contributed by atoms with van der Waals surface area (Å²) in [6.45, 7) is 0.384. The Morgan fingerprint density at radius 1 is 0.875 bits per heavy atom. The molecule has 16 heavy (non-hydrogen) atoms. The minimum absolute atomic E-state index is 0. The van der Waals surface area contributed by atoms with Crippen LogP contribution in [0.4, 0.5) is 0 Å². The fourth-order valence-corrected chi connectivity index (χ4v) is 1.24. The maximum Gasteiger partial charge on any atom is 0.141 e. The quantitative estimate of drug-likeness (QED) is 0.900. The molecule has 3 nitrogen and oxygen atoms in total. The Morgan fingerprint density at radius 3 is 1.94 bits per heavy atom. The molecular formula is C11H13Cl2N3. The normalized spacial score (nSPS) is 8.81. The predicted octanol–water partition coefficient (Wildman–Crippen LogP) is 2.45. The van der Waals surface area contributed by atoms with Crippen LogP contribution in [-0.2, 0) is 6.54 Å². The van der Waals surface area contributed by atoms with Crippen LogP contribution in [-0.4, -0.2) is 9.97 Å². The van der Waals surface area contributed by atoms with Crippen LogP contribution in [0.1, 0.15) is 5.82 Å². The van der Waals surface area contributed by atoms with Crippen molar-refractivity contribution in [3.8, 4) is 11.1 Å². The SMILES string of the molecule is Cl.Cl.NCc1ncc(-c2ccccc2)cn1. The van der Waals surface area contributed by atoms with Gasteiger partial charge < -0.3 is 5.73 Å². The lowest BCUT2D eigenvalue weighted by Crippen LogP contribution is -2.01. The van der Waals surface area contributed by atoms with E-state index >= 15 is 0 Å². The molecule has 0 aliphatic carbocycles. The minimum atomic E-state index is 0. The zero-order valence-electron chi connectivity index (χ0n) is 8.54. The van der Waals surface area contributed by atoms with Gasteiger partial charge in [0.25, 0.3) is 0 Å². The first-order chi connectivity index (χ1) is 6.90. The van der Waals surface area contributed by atoms with E-state index in [1.165, 1.54) is 0 Å². The Kier molecular flexibility index (Phi) is 6.65. The maximum atomic E-state index is 5.41. The summed E-state index contributed by atoms with van der Waals surface area (Å²) in [5.41, 5.74) is 7.55.